The van der Waals surface area contributed by atoms with E-state index in [1.54, 1.807) is 30.3 Å². The first-order valence-corrected chi connectivity index (χ1v) is 12.7. The number of hydrogen-bond acceptors (Lipinski definition) is 4. The molecule has 192 valence electrons. The third kappa shape index (κ3) is 5.95. The number of aliphatic carboxylic acids is 1. The molecular formula is C28H31ClF2N2O3. The molecule has 1 fully saturated rings. The van der Waals surface area contributed by atoms with Crippen molar-refractivity contribution in [2.24, 2.45) is 5.41 Å². The smallest absolute Gasteiger partial charge is 0.309 e. The van der Waals surface area contributed by atoms with Crippen molar-refractivity contribution >= 4 is 28.5 Å². The van der Waals surface area contributed by atoms with Crippen molar-refractivity contribution in [3.8, 4) is 5.75 Å². The maximum atomic E-state index is 15.6. The van der Waals surface area contributed by atoms with Gasteiger partial charge in [-0.05, 0) is 94.1 Å². The normalized spacial score (nSPS) is 16.7. The van der Waals surface area contributed by atoms with Crippen molar-refractivity contribution in [2.45, 2.75) is 44.7 Å². The van der Waals surface area contributed by atoms with Crippen LogP contribution in [0.25, 0.3) is 10.9 Å². The summed E-state index contributed by atoms with van der Waals surface area (Å²) in [5, 5.41) is 10.9. The Morgan fingerprint density at radius 1 is 1.25 bits per heavy atom. The molecular weight excluding hydrogens is 486 g/mol. The standard InChI is InChI=1S/C28H31ClF2N2O3/c1-36-21-7-8-25-22(17-21)26(23(29)18-32-25)24(31)9-10-28(27(34)35)11-14-33(15-12-28)13-3-5-19-4-2-6-20(30)16-19/h2,4,6-8,16-18,24H,3,5,9-15H2,1H3,(H,34,35). The van der Waals surface area contributed by atoms with Gasteiger partial charge in [0.15, 0.2) is 0 Å². The summed E-state index contributed by atoms with van der Waals surface area (Å²) in [5.74, 6) is -0.531. The molecule has 0 radical (unpaired) electrons. The number of benzene rings is 2. The van der Waals surface area contributed by atoms with Crippen LogP contribution >= 0.6 is 11.6 Å². The average Bonchev–Trinajstić information content (AvgIpc) is 2.87. The zero-order chi connectivity index (χ0) is 25.7. The van der Waals surface area contributed by atoms with Gasteiger partial charge in [0.05, 0.1) is 23.1 Å². The molecule has 36 heavy (non-hydrogen) atoms. The minimum absolute atomic E-state index is 0.0575. The molecule has 1 unspecified atom stereocenters. The zero-order valence-electron chi connectivity index (χ0n) is 20.4. The number of halogens is 3. The van der Waals surface area contributed by atoms with E-state index in [9.17, 15) is 14.3 Å². The number of likely N-dealkylation sites (tertiary alicyclic amines) is 1. The predicted octanol–water partition coefficient (Wildman–Crippen LogP) is 6.63. The number of methoxy groups -OCH3 is 1. The van der Waals surface area contributed by atoms with Crippen LogP contribution in [0.4, 0.5) is 8.78 Å². The van der Waals surface area contributed by atoms with Gasteiger partial charge in [0, 0.05) is 17.1 Å². The average molecular weight is 517 g/mol. The molecule has 2 heterocycles. The van der Waals surface area contributed by atoms with Gasteiger partial charge in [-0.25, -0.2) is 8.78 Å². The molecule has 1 atom stereocenters. The van der Waals surface area contributed by atoms with Gasteiger partial charge >= 0.3 is 5.97 Å². The lowest BCUT2D eigenvalue weighted by molar-refractivity contribution is -0.153. The van der Waals surface area contributed by atoms with Crippen molar-refractivity contribution in [2.75, 3.05) is 26.7 Å². The van der Waals surface area contributed by atoms with Crippen molar-refractivity contribution in [3.05, 3.63) is 70.6 Å². The fraction of sp³-hybridized carbons (Fsp3) is 0.429. The molecule has 8 heteroatoms. The first kappa shape index (κ1) is 26.3. The molecule has 1 aliphatic rings. The molecule has 3 aromatic rings. The molecule has 1 aliphatic heterocycles. The molecule has 0 aliphatic carbocycles. The largest absolute Gasteiger partial charge is 0.497 e. The number of ether oxygens (including phenoxy) is 1. The number of fused-ring (bicyclic) bond motifs is 1. The third-order valence-electron chi connectivity index (χ3n) is 7.35. The summed E-state index contributed by atoms with van der Waals surface area (Å²) >= 11 is 6.35. The summed E-state index contributed by atoms with van der Waals surface area (Å²) in [7, 11) is 1.54. The third-order valence-corrected chi connectivity index (χ3v) is 7.65. The number of carboxylic acids is 1. The van der Waals surface area contributed by atoms with Crippen LogP contribution in [0.1, 0.15) is 49.4 Å². The zero-order valence-corrected chi connectivity index (χ0v) is 21.1. The van der Waals surface area contributed by atoms with Gasteiger partial charge in [-0.1, -0.05) is 23.7 Å². The molecule has 4 rings (SSSR count). The van der Waals surface area contributed by atoms with Crippen molar-refractivity contribution in [3.63, 3.8) is 0 Å². The molecule has 0 spiro atoms. The van der Waals surface area contributed by atoms with Crippen LogP contribution in [0.15, 0.2) is 48.7 Å². The summed E-state index contributed by atoms with van der Waals surface area (Å²) in [6.07, 6.45) is 2.87. The highest BCUT2D eigenvalue weighted by Gasteiger charge is 2.41. The Bertz CT molecular complexity index is 1210. The fourth-order valence-corrected chi connectivity index (χ4v) is 5.40. The van der Waals surface area contributed by atoms with Crippen molar-refractivity contribution < 1.29 is 23.4 Å². The molecule has 0 bridgehead atoms. The number of pyridine rings is 1. The Morgan fingerprint density at radius 3 is 2.72 bits per heavy atom. The van der Waals surface area contributed by atoms with Crippen LogP contribution < -0.4 is 4.74 Å². The van der Waals surface area contributed by atoms with Gasteiger partial charge in [-0.2, -0.15) is 0 Å². The van der Waals surface area contributed by atoms with E-state index < -0.39 is 17.6 Å². The lowest BCUT2D eigenvalue weighted by atomic mass is 9.74. The summed E-state index contributed by atoms with van der Waals surface area (Å²) < 4.78 is 34.2. The van der Waals surface area contributed by atoms with Gasteiger partial charge in [0.1, 0.15) is 17.7 Å². The monoisotopic (exact) mass is 516 g/mol. The van der Waals surface area contributed by atoms with Crippen LogP contribution in [0.5, 0.6) is 5.75 Å². The van der Waals surface area contributed by atoms with Crippen LogP contribution in [0.3, 0.4) is 0 Å². The Kier molecular flexibility index (Phi) is 8.42. The first-order valence-electron chi connectivity index (χ1n) is 12.3. The topological polar surface area (TPSA) is 62.7 Å². The Balaban J connectivity index is 1.37. The highest BCUT2D eigenvalue weighted by molar-refractivity contribution is 6.32. The van der Waals surface area contributed by atoms with E-state index in [1.165, 1.54) is 19.4 Å². The van der Waals surface area contributed by atoms with Crippen molar-refractivity contribution in [1.82, 2.24) is 9.88 Å². The van der Waals surface area contributed by atoms with E-state index >= 15 is 4.39 Å². The second-order valence-electron chi connectivity index (χ2n) is 9.57. The quantitative estimate of drug-likeness (QED) is 0.328. The van der Waals surface area contributed by atoms with E-state index in [4.69, 9.17) is 16.3 Å². The predicted molar refractivity (Wildman–Crippen MR) is 137 cm³/mol. The lowest BCUT2D eigenvalue weighted by Crippen LogP contribution is -2.44. The minimum Gasteiger partial charge on any atom is -0.497 e. The number of piperidine rings is 1. The lowest BCUT2D eigenvalue weighted by Gasteiger charge is -2.39. The van der Waals surface area contributed by atoms with Crippen LogP contribution in [0, 0.1) is 11.2 Å². The Labute approximate surface area is 215 Å². The maximum Gasteiger partial charge on any atom is 0.309 e. The summed E-state index contributed by atoms with van der Waals surface area (Å²) in [5.41, 5.74) is 0.935. The van der Waals surface area contributed by atoms with Gasteiger partial charge < -0.3 is 14.7 Å². The first-order chi connectivity index (χ1) is 17.3. The number of nitrogens with zero attached hydrogens (tertiary/aromatic N) is 2. The summed E-state index contributed by atoms with van der Waals surface area (Å²) in [6, 6.07) is 11.8. The molecule has 1 N–H and O–H groups in total. The van der Waals surface area contributed by atoms with Gasteiger partial charge in [0.25, 0.3) is 0 Å². The molecule has 1 aromatic heterocycles. The Hall–Kier alpha value is -2.77. The van der Waals surface area contributed by atoms with Crippen LogP contribution in [-0.2, 0) is 11.2 Å². The van der Waals surface area contributed by atoms with Gasteiger partial charge in [0.2, 0.25) is 0 Å². The minimum atomic E-state index is -1.42. The van der Waals surface area contributed by atoms with E-state index in [1.807, 2.05) is 6.07 Å². The number of rotatable bonds is 10. The fourth-order valence-electron chi connectivity index (χ4n) is 5.14. The number of hydrogen-bond donors (Lipinski definition) is 1. The van der Waals surface area contributed by atoms with Crippen molar-refractivity contribution in [1.29, 1.82) is 0 Å². The van der Waals surface area contributed by atoms with E-state index in [0.29, 0.717) is 48.1 Å². The van der Waals surface area contributed by atoms with E-state index in [2.05, 4.69) is 9.88 Å². The number of carboxylic acid groups (broad SMARTS) is 1. The van der Waals surface area contributed by atoms with Gasteiger partial charge in [-0.3, -0.25) is 9.78 Å². The maximum absolute atomic E-state index is 15.6. The SMILES string of the molecule is COc1ccc2ncc(Cl)c(C(F)CCC3(C(=O)O)CCN(CCCc4cccc(F)c4)CC3)c2c1. The second-order valence-corrected chi connectivity index (χ2v) is 9.98. The molecule has 5 nitrogen and oxygen atoms in total. The molecule has 1 saturated heterocycles. The van der Waals surface area contributed by atoms with Crippen LogP contribution in [-0.4, -0.2) is 47.7 Å². The summed E-state index contributed by atoms with van der Waals surface area (Å²) in [4.78, 5) is 18.8. The second kappa shape index (κ2) is 11.5. The molecule has 2 aromatic carbocycles. The van der Waals surface area contributed by atoms with Gasteiger partial charge in [-0.15, -0.1) is 0 Å². The van der Waals surface area contributed by atoms with E-state index in [0.717, 1.165) is 24.9 Å². The summed E-state index contributed by atoms with van der Waals surface area (Å²) in [6.45, 7) is 2.10. The highest BCUT2D eigenvalue weighted by Crippen LogP contribution is 2.42. The molecule has 0 saturated carbocycles. The molecule has 0 amide bonds. The number of carbonyl (C=O) groups is 1. The number of aryl methyl sites for hydroxylation is 1. The number of alkyl halides is 1. The van der Waals surface area contributed by atoms with Crippen LogP contribution in [0.2, 0.25) is 5.02 Å². The highest BCUT2D eigenvalue weighted by atomic mass is 35.5. The van der Waals surface area contributed by atoms with E-state index in [-0.39, 0.29) is 23.7 Å². The Morgan fingerprint density at radius 2 is 2.03 bits per heavy atom. The number of aromatic nitrogens is 1.